The zero-order valence-electron chi connectivity index (χ0n) is 13.5. The van der Waals surface area contributed by atoms with Crippen molar-refractivity contribution in [3.8, 4) is 0 Å². The summed E-state index contributed by atoms with van der Waals surface area (Å²) in [6.45, 7) is 2.19. The summed E-state index contributed by atoms with van der Waals surface area (Å²) in [6.07, 6.45) is 2.30. The zero-order valence-corrected chi connectivity index (χ0v) is 15.1. The van der Waals surface area contributed by atoms with Crippen LogP contribution in [0.2, 0.25) is 0 Å². The zero-order chi connectivity index (χ0) is 16.3. The second-order valence-corrected chi connectivity index (χ2v) is 7.63. The average Bonchev–Trinajstić information content (AvgIpc) is 2.92. The third kappa shape index (κ3) is 2.04. The average molecular weight is 380 g/mol. The minimum Gasteiger partial charge on any atom is -0.269 e. The lowest BCUT2D eigenvalue weighted by Crippen LogP contribution is -2.28. The maximum atomic E-state index is 6.31. The van der Waals surface area contributed by atoms with E-state index in [1.165, 1.54) is 37.6 Å². The van der Waals surface area contributed by atoms with Gasteiger partial charge in [0.2, 0.25) is 0 Å². The summed E-state index contributed by atoms with van der Waals surface area (Å²) in [5, 5.41) is 4.69. The molecular weight excluding hydrogens is 362 g/mol. The highest BCUT2D eigenvalue weighted by Gasteiger charge is 2.41. The van der Waals surface area contributed by atoms with Crippen LogP contribution in [0.25, 0.3) is 10.8 Å². The van der Waals surface area contributed by atoms with Crippen LogP contribution in [0.1, 0.15) is 29.2 Å². The van der Waals surface area contributed by atoms with Crippen molar-refractivity contribution in [2.24, 2.45) is 0 Å². The molecule has 0 N–H and O–H groups in total. The van der Waals surface area contributed by atoms with E-state index in [0.29, 0.717) is 6.04 Å². The van der Waals surface area contributed by atoms with Crippen LogP contribution < -0.4 is 5.06 Å². The maximum Gasteiger partial charge on any atom is 0.0921 e. The van der Waals surface area contributed by atoms with Crippen LogP contribution in [0.3, 0.4) is 0 Å². The van der Waals surface area contributed by atoms with E-state index in [9.17, 15) is 0 Å². The van der Waals surface area contributed by atoms with Crippen molar-refractivity contribution in [2.75, 3.05) is 5.06 Å². The molecule has 0 radical (unpaired) electrons. The molecule has 3 aromatic carbocycles. The molecule has 2 nitrogen and oxygen atoms in total. The number of anilines is 1. The smallest absolute Gasteiger partial charge is 0.0921 e. The summed E-state index contributed by atoms with van der Waals surface area (Å²) in [5.74, 6) is 0. The number of benzene rings is 3. The Morgan fingerprint density at radius 1 is 1.04 bits per heavy atom. The molecule has 0 saturated carbocycles. The number of hydroxylamine groups is 1. The van der Waals surface area contributed by atoms with E-state index in [0.717, 1.165) is 12.8 Å². The highest BCUT2D eigenvalue weighted by Crippen LogP contribution is 2.49. The lowest BCUT2D eigenvalue weighted by atomic mass is 9.97. The highest BCUT2D eigenvalue weighted by molar-refractivity contribution is 9.10. The Kier molecular flexibility index (Phi) is 3.22. The number of fused-ring (bicyclic) bond motifs is 6. The van der Waals surface area contributed by atoms with Crippen LogP contribution >= 0.6 is 15.9 Å². The predicted molar refractivity (Wildman–Crippen MR) is 101 cm³/mol. The molecule has 0 spiro atoms. The molecule has 24 heavy (non-hydrogen) atoms. The minimum atomic E-state index is 0.273. The number of rotatable bonds is 1. The van der Waals surface area contributed by atoms with E-state index in [1.807, 2.05) is 0 Å². The summed E-state index contributed by atoms with van der Waals surface area (Å²) in [6, 6.07) is 19.8. The van der Waals surface area contributed by atoms with E-state index >= 15 is 0 Å². The summed E-state index contributed by atoms with van der Waals surface area (Å²) < 4.78 is 1.17. The fourth-order valence-electron chi connectivity index (χ4n) is 4.20. The van der Waals surface area contributed by atoms with Gasteiger partial charge in [0.15, 0.2) is 0 Å². The van der Waals surface area contributed by atoms with Gasteiger partial charge in [-0.2, -0.15) is 0 Å². The standard InChI is InChI=1S/C21H18BrNO/c1-13-6-2-3-7-16(13)20-12-15-10-14-11-19(22)17-8-4-5-9-18(17)21(14)23(20)24-15/h2-9,11,15,20H,10,12H2,1H3/t15-,20-/m0/s1. The molecule has 2 atom stereocenters. The summed E-state index contributed by atoms with van der Waals surface area (Å²) in [7, 11) is 0. The molecule has 5 rings (SSSR count). The predicted octanol–water partition coefficient (Wildman–Crippen LogP) is 5.72. The lowest BCUT2D eigenvalue weighted by molar-refractivity contribution is 0.0740. The summed E-state index contributed by atoms with van der Waals surface area (Å²) in [4.78, 5) is 6.31. The molecule has 2 heterocycles. The Labute approximate surface area is 150 Å². The molecule has 0 aliphatic carbocycles. The van der Waals surface area contributed by atoms with Gasteiger partial charge in [0.1, 0.15) is 0 Å². The quantitative estimate of drug-likeness (QED) is 0.536. The van der Waals surface area contributed by atoms with Gasteiger partial charge in [-0.3, -0.25) is 4.84 Å². The topological polar surface area (TPSA) is 12.5 Å². The number of halogens is 1. The molecule has 2 bridgehead atoms. The van der Waals surface area contributed by atoms with Gasteiger partial charge in [0.05, 0.1) is 17.8 Å². The molecule has 0 unspecified atom stereocenters. The molecule has 3 heteroatoms. The SMILES string of the molecule is Cc1ccccc1[C@@H]1C[C@@H]2Cc3cc(Br)c4ccccc4c3N1O2. The van der Waals surface area contributed by atoms with Crippen molar-refractivity contribution in [3.63, 3.8) is 0 Å². The second-order valence-electron chi connectivity index (χ2n) is 6.78. The lowest BCUT2D eigenvalue weighted by Gasteiger charge is -2.32. The van der Waals surface area contributed by atoms with Gasteiger partial charge in [-0.15, -0.1) is 0 Å². The van der Waals surface area contributed by atoms with Crippen molar-refractivity contribution in [1.29, 1.82) is 0 Å². The first kappa shape index (κ1) is 14.5. The van der Waals surface area contributed by atoms with Crippen molar-refractivity contribution in [1.82, 2.24) is 0 Å². The van der Waals surface area contributed by atoms with Gasteiger partial charge < -0.3 is 0 Å². The molecule has 1 fully saturated rings. The Hall–Kier alpha value is -1.84. The first-order valence-corrected chi connectivity index (χ1v) is 9.23. The number of nitrogens with zero attached hydrogens (tertiary/aromatic N) is 1. The number of aryl methyl sites for hydroxylation is 1. The number of hydrogen-bond donors (Lipinski definition) is 0. The summed E-state index contributed by atoms with van der Waals surface area (Å²) in [5.41, 5.74) is 5.34. The number of hydrogen-bond acceptors (Lipinski definition) is 2. The Bertz CT molecular complexity index is 952. The van der Waals surface area contributed by atoms with E-state index < -0.39 is 0 Å². The van der Waals surface area contributed by atoms with Gasteiger partial charge in [0, 0.05) is 22.7 Å². The van der Waals surface area contributed by atoms with Gasteiger partial charge >= 0.3 is 0 Å². The Morgan fingerprint density at radius 2 is 1.79 bits per heavy atom. The Balaban J connectivity index is 1.73. The van der Waals surface area contributed by atoms with Gasteiger partial charge in [-0.1, -0.05) is 64.5 Å². The third-order valence-corrected chi connectivity index (χ3v) is 5.95. The molecule has 1 saturated heterocycles. The first-order valence-electron chi connectivity index (χ1n) is 8.44. The molecule has 3 aromatic rings. The minimum absolute atomic E-state index is 0.273. The molecule has 2 aliphatic rings. The molecule has 0 amide bonds. The summed E-state index contributed by atoms with van der Waals surface area (Å²) >= 11 is 3.75. The second kappa shape index (κ2) is 5.33. The van der Waals surface area contributed by atoms with Crippen LogP contribution in [-0.2, 0) is 11.3 Å². The maximum absolute atomic E-state index is 6.31. The van der Waals surface area contributed by atoms with Crippen LogP contribution in [0.4, 0.5) is 5.69 Å². The van der Waals surface area contributed by atoms with E-state index in [2.05, 4.69) is 82.5 Å². The van der Waals surface area contributed by atoms with Crippen LogP contribution in [0.5, 0.6) is 0 Å². The molecule has 120 valence electrons. The van der Waals surface area contributed by atoms with E-state index in [1.54, 1.807) is 0 Å². The highest BCUT2D eigenvalue weighted by atomic mass is 79.9. The van der Waals surface area contributed by atoms with Crippen molar-refractivity contribution in [3.05, 3.63) is 75.8 Å². The van der Waals surface area contributed by atoms with Crippen molar-refractivity contribution in [2.45, 2.75) is 31.9 Å². The largest absolute Gasteiger partial charge is 0.269 e. The Morgan fingerprint density at radius 3 is 2.62 bits per heavy atom. The van der Waals surface area contributed by atoms with Gasteiger partial charge in [-0.25, -0.2) is 5.06 Å². The molecular formula is C21H18BrNO. The molecule has 2 aliphatic heterocycles. The third-order valence-electron chi connectivity index (χ3n) is 5.29. The van der Waals surface area contributed by atoms with E-state index in [-0.39, 0.29) is 6.10 Å². The van der Waals surface area contributed by atoms with Crippen LogP contribution in [-0.4, -0.2) is 6.10 Å². The van der Waals surface area contributed by atoms with E-state index in [4.69, 9.17) is 4.84 Å². The van der Waals surface area contributed by atoms with Crippen molar-refractivity contribution >= 4 is 32.4 Å². The van der Waals surface area contributed by atoms with Crippen LogP contribution in [0, 0.1) is 6.92 Å². The first-order chi connectivity index (χ1) is 11.7. The monoisotopic (exact) mass is 379 g/mol. The van der Waals surface area contributed by atoms with Crippen LogP contribution in [0.15, 0.2) is 59.1 Å². The fourth-order valence-corrected chi connectivity index (χ4v) is 4.82. The van der Waals surface area contributed by atoms with Gasteiger partial charge in [-0.05, 0) is 35.1 Å². The molecule has 0 aromatic heterocycles. The normalized spacial score (nSPS) is 22.0. The fraction of sp³-hybridized carbons (Fsp3) is 0.238. The van der Waals surface area contributed by atoms with Gasteiger partial charge in [0.25, 0.3) is 0 Å². The van der Waals surface area contributed by atoms with Crippen molar-refractivity contribution < 1.29 is 4.84 Å².